The maximum atomic E-state index is 15.9. The zero-order chi connectivity index (χ0) is 22.7. The van der Waals surface area contributed by atoms with Gasteiger partial charge in [-0.2, -0.15) is 0 Å². The van der Waals surface area contributed by atoms with Crippen LogP contribution in [0.15, 0.2) is 41.3 Å². The summed E-state index contributed by atoms with van der Waals surface area (Å²) in [5.74, 6) is -1.94. The Balaban J connectivity index is 1.76. The molecule has 1 N–H and O–H groups in total. The van der Waals surface area contributed by atoms with Gasteiger partial charge in [-0.05, 0) is 81.1 Å². The fourth-order valence-corrected chi connectivity index (χ4v) is 7.28. The van der Waals surface area contributed by atoms with Crippen molar-refractivity contribution < 1.29 is 26.7 Å². The van der Waals surface area contributed by atoms with Crippen molar-refractivity contribution in [3.05, 3.63) is 59.2 Å². The van der Waals surface area contributed by atoms with E-state index < -0.39 is 39.1 Å². The number of piperidine rings is 1. The number of benzene rings is 2. The summed E-state index contributed by atoms with van der Waals surface area (Å²) in [6, 6.07) is 7.03. The topological polar surface area (TPSA) is 75.7 Å². The molecule has 0 amide bonds. The zero-order valence-corrected chi connectivity index (χ0v) is 18.4. The predicted octanol–water partition coefficient (Wildman–Crippen LogP) is 3.36. The summed E-state index contributed by atoms with van der Waals surface area (Å²) in [6.07, 6.45) is 2.82. The van der Waals surface area contributed by atoms with Crippen LogP contribution in [0.3, 0.4) is 0 Å². The standard InChI is InChI=1S/C23H24F2N2O4S/c1-31-22(28)17-8-9-18-19(20(17)25)23(10-12-26-13-11-23)21(14-2-3-14)27(18)32(29,30)16-6-4-15(24)5-7-16/h4-9,14,21,26H,2-3,10-13H2,1H3. The van der Waals surface area contributed by atoms with E-state index in [1.54, 1.807) is 0 Å². The summed E-state index contributed by atoms with van der Waals surface area (Å²) < 4.78 is 63.2. The lowest BCUT2D eigenvalue weighted by Crippen LogP contribution is -2.53. The molecule has 0 aromatic heterocycles. The molecule has 2 fully saturated rings. The first-order chi connectivity index (χ1) is 15.3. The van der Waals surface area contributed by atoms with Crippen molar-refractivity contribution in [3.8, 4) is 0 Å². The van der Waals surface area contributed by atoms with Crippen LogP contribution < -0.4 is 9.62 Å². The lowest BCUT2D eigenvalue weighted by Gasteiger charge is -2.42. The van der Waals surface area contributed by atoms with Gasteiger partial charge < -0.3 is 10.1 Å². The molecule has 1 spiro atoms. The van der Waals surface area contributed by atoms with Crippen LogP contribution >= 0.6 is 0 Å². The molecule has 3 aliphatic rings. The van der Waals surface area contributed by atoms with E-state index in [4.69, 9.17) is 4.74 Å². The van der Waals surface area contributed by atoms with Crippen molar-refractivity contribution in [1.29, 1.82) is 0 Å². The molecule has 1 saturated carbocycles. The van der Waals surface area contributed by atoms with Crippen molar-refractivity contribution in [1.82, 2.24) is 5.32 Å². The van der Waals surface area contributed by atoms with Crippen LogP contribution in [0.1, 0.15) is 41.6 Å². The number of fused-ring (bicyclic) bond motifs is 2. The third-order valence-electron chi connectivity index (χ3n) is 7.01. The minimum atomic E-state index is -4.09. The van der Waals surface area contributed by atoms with E-state index >= 15 is 4.39 Å². The van der Waals surface area contributed by atoms with E-state index in [1.807, 2.05) is 0 Å². The van der Waals surface area contributed by atoms with Crippen LogP contribution in [0.5, 0.6) is 0 Å². The molecule has 6 nitrogen and oxygen atoms in total. The number of sulfonamides is 1. The van der Waals surface area contributed by atoms with Crippen molar-refractivity contribution in [2.45, 2.75) is 42.0 Å². The molecule has 2 heterocycles. The average molecular weight is 463 g/mol. The minimum absolute atomic E-state index is 0.0427. The number of nitrogens with zero attached hydrogens (tertiary/aromatic N) is 1. The normalized spacial score (nSPS) is 22.1. The van der Waals surface area contributed by atoms with Gasteiger partial charge in [-0.1, -0.05) is 0 Å². The van der Waals surface area contributed by atoms with Gasteiger partial charge in [-0.15, -0.1) is 0 Å². The van der Waals surface area contributed by atoms with Crippen LogP contribution in [0.25, 0.3) is 0 Å². The Labute approximate surface area is 185 Å². The lowest BCUT2D eigenvalue weighted by atomic mass is 9.68. The molecule has 2 aliphatic heterocycles. The number of hydrogen-bond donors (Lipinski definition) is 1. The van der Waals surface area contributed by atoms with E-state index in [-0.39, 0.29) is 27.6 Å². The van der Waals surface area contributed by atoms with E-state index in [1.165, 1.54) is 35.7 Å². The Hall–Kier alpha value is -2.52. The summed E-state index contributed by atoms with van der Waals surface area (Å²) in [5, 5.41) is 3.28. The molecule has 1 atom stereocenters. The summed E-state index contributed by atoms with van der Waals surface area (Å²) in [5.41, 5.74) is -0.398. The van der Waals surface area contributed by atoms with Gasteiger partial charge in [0.05, 0.1) is 29.3 Å². The number of halogens is 2. The molecule has 5 rings (SSSR count). The van der Waals surface area contributed by atoms with E-state index in [0.717, 1.165) is 25.0 Å². The van der Waals surface area contributed by atoms with Crippen LogP contribution in [0, 0.1) is 17.6 Å². The van der Waals surface area contributed by atoms with Gasteiger partial charge in [-0.25, -0.2) is 22.0 Å². The van der Waals surface area contributed by atoms with Gasteiger partial charge in [0.1, 0.15) is 11.6 Å². The largest absolute Gasteiger partial charge is 0.465 e. The first kappa shape index (κ1) is 21.3. The number of ether oxygens (including phenoxy) is 1. The van der Waals surface area contributed by atoms with Crippen molar-refractivity contribution in [3.63, 3.8) is 0 Å². The van der Waals surface area contributed by atoms with Gasteiger partial charge in [0.25, 0.3) is 10.0 Å². The fourth-order valence-electron chi connectivity index (χ4n) is 5.49. The van der Waals surface area contributed by atoms with Gasteiger partial charge in [0, 0.05) is 11.0 Å². The van der Waals surface area contributed by atoms with Gasteiger partial charge in [0.2, 0.25) is 0 Å². The molecule has 2 aromatic carbocycles. The van der Waals surface area contributed by atoms with E-state index in [0.29, 0.717) is 25.9 Å². The molecule has 9 heteroatoms. The third-order valence-corrected chi connectivity index (χ3v) is 8.82. The van der Waals surface area contributed by atoms with Crippen LogP contribution in [-0.4, -0.2) is 40.6 Å². The van der Waals surface area contributed by atoms with E-state index in [9.17, 15) is 17.6 Å². The quantitative estimate of drug-likeness (QED) is 0.706. The number of hydrogen-bond acceptors (Lipinski definition) is 5. The highest BCUT2D eigenvalue weighted by molar-refractivity contribution is 7.92. The first-order valence-electron chi connectivity index (χ1n) is 10.7. The summed E-state index contributed by atoms with van der Waals surface area (Å²) in [7, 11) is -2.90. The molecule has 1 unspecified atom stereocenters. The Morgan fingerprint density at radius 1 is 1.09 bits per heavy atom. The minimum Gasteiger partial charge on any atom is -0.465 e. The molecule has 2 aromatic rings. The highest BCUT2D eigenvalue weighted by atomic mass is 32.2. The van der Waals surface area contributed by atoms with E-state index in [2.05, 4.69) is 5.32 Å². The number of anilines is 1. The average Bonchev–Trinajstić information content (AvgIpc) is 3.58. The monoisotopic (exact) mass is 462 g/mol. The molecule has 1 saturated heterocycles. The molecule has 32 heavy (non-hydrogen) atoms. The molecule has 0 radical (unpaired) electrons. The first-order valence-corrected chi connectivity index (χ1v) is 12.2. The molecule has 170 valence electrons. The number of rotatable bonds is 4. The molecule has 0 bridgehead atoms. The van der Waals surface area contributed by atoms with Crippen molar-refractivity contribution in [2.75, 3.05) is 24.5 Å². The second kappa shape index (κ2) is 7.52. The Morgan fingerprint density at radius 2 is 1.75 bits per heavy atom. The predicted molar refractivity (Wildman–Crippen MR) is 114 cm³/mol. The smallest absolute Gasteiger partial charge is 0.340 e. The second-order valence-corrected chi connectivity index (χ2v) is 10.6. The highest BCUT2D eigenvalue weighted by Crippen LogP contribution is 2.59. The number of methoxy groups -OCH3 is 1. The van der Waals surface area contributed by atoms with Gasteiger partial charge in [0.15, 0.2) is 0 Å². The summed E-state index contributed by atoms with van der Waals surface area (Å²) in [4.78, 5) is 12.2. The molecular formula is C23H24F2N2O4S. The number of carbonyl (C=O) groups is 1. The molecule has 1 aliphatic carbocycles. The SMILES string of the molecule is COC(=O)c1ccc2c(c1F)C1(CCNCC1)C(C1CC1)N2S(=O)(=O)c1ccc(F)cc1. The maximum Gasteiger partial charge on any atom is 0.340 e. The summed E-state index contributed by atoms with van der Waals surface area (Å²) >= 11 is 0. The van der Waals surface area contributed by atoms with Crippen molar-refractivity contribution in [2.24, 2.45) is 5.92 Å². The highest BCUT2D eigenvalue weighted by Gasteiger charge is 2.60. The maximum absolute atomic E-state index is 15.9. The van der Waals surface area contributed by atoms with Crippen molar-refractivity contribution >= 4 is 21.7 Å². The van der Waals surface area contributed by atoms with Gasteiger partial charge in [-0.3, -0.25) is 4.31 Å². The summed E-state index contributed by atoms with van der Waals surface area (Å²) in [6.45, 7) is 1.24. The van der Waals surface area contributed by atoms with Crippen LogP contribution in [-0.2, 0) is 20.2 Å². The third kappa shape index (κ3) is 3.05. The Morgan fingerprint density at radius 3 is 2.34 bits per heavy atom. The lowest BCUT2D eigenvalue weighted by molar-refractivity contribution is 0.0595. The number of carbonyl (C=O) groups excluding carboxylic acids is 1. The number of nitrogens with one attached hydrogen (secondary N) is 1. The van der Waals surface area contributed by atoms with Crippen LogP contribution in [0.4, 0.5) is 14.5 Å². The molecular weight excluding hydrogens is 438 g/mol. The second-order valence-electron chi connectivity index (χ2n) is 8.76. The zero-order valence-electron chi connectivity index (χ0n) is 17.6. The number of esters is 1. The van der Waals surface area contributed by atoms with Gasteiger partial charge >= 0.3 is 5.97 Å². The fraction of sp³-hybridized carbons (Fsp3) is 0.435. The Bertz CT molecular complexity index is 1170. The Kier molecular flexibility index (Phi) is 5.01. The van der Waals surface area contributed by atoms with Crippen LogP contribution in [0.2, 0.25) is 0 Å².